The van der Waals surface area contributed by atoms with E-state index in [0.717, 1.165) is 27.8 Å². The lowest BCUT2D eigenvalue weighted by Gasteiger charge is -2.02. The molecule has 3 heteroatoms. The van der Waals surface area contributed by atoms with E-state index in [4.69, 9.17) is 10.3 Å². The van der Waals surface area contributed by atoms with Crippen LogP contribution in [0.5, 0.6) is 0 Å². The van der Waals surface area contributed by atoms with Crippen LogP contribution in [0.25, 0.3) is 22.2 Å². The molecule has 0 aliphatic rings. The van der Waals surface area contributed by atoms with E-state index in [1.54, 1.807) is 0 Å². The molecular weight excluding hydrogens is 224 g/mol. The molecule has 3 nitrogen and oxygen atoms in total. The van der Waals surface area contributed by atoms with Gasteiger partial charge in [0.05, 0.1) is 5.39 Å². The van der Waals surface area contributed by atoms with Gasteiger partial charge in [-0.05, 0) is 30.2 Å². The number of aromatic nitrogens is 1. The van der Waals surface area contributed by atoms with Gasteiger partial charge in [0.1, 0.15) is 5.52 Å². The van der Waals surface area contributed by atoms with E-state index in [1.807, 2.05) is 36.4 Å². The third-order valence-electron chi connectivity index (χ3n) is 3.17. The van der Waals surface area contributed by atoms with Crippen LogP contribution in [0.2, 0.25) is 0 Å². The molecular formula is C15H14N2O. The largest absolute Gasteiger partial charge is 0.355 e. The summed E-state index contributed by atoms with van der Waals surface area (Å²) >= 11 is 0. The van der Waals surface area contributed by atoms with Gasteiger partial charge in [-0.1, -0.05) is 35.5 Å². The normalized spacial score (nSPS) is 11.0. The Balaban J connectivity index is 2.26. The zero-order valence-electron chi connectivity index (χ0n) is 10.2. The lowest BCUT2D eigenvalue weighted by Crippen LogP contribution is -1.95. The Labute approximate surface area is 105 Å². The Hall–Kier alpha value is -2.13. The molecule has 2 aromatic carbocycles. The minimum atomic E-state index is 0.522. The molecule has 0 saturated heterocycles. The van der Waals surface area contributed by atoms with Gasteiger partial charge in [-0.25, -0.2) is 0 Å². The van der Waals surface area contributed by atoms with Gasteiger partial charge in [0, 0.05) is 12.1 Å². The molecule has 0 amide bonds. The average molecular weight is 238 g/mol. The molecule has 3 aromatic rings. The smallest absolute Gasteiger partial charge is 0.174 e. The minimum Gasteiger partial charge on any atom is -0.355 e. The van der Waals surface area contributed by atoms with Gasteiger partial charge in [0.2, 0.25) is 0 Å². The third kappa shape index (κ3) is 1.69. The molecule has 0 unspecified atom stereocenters. The van der Waals surface area contributed by atoms with Crippen LogP contribution in [0.4, 0.5) is 0 Å². The van der Waals surface area contributed by atoms with Crippen molar-refractivity contribution in [3.05, 3.63) is 53.6 Å². The molecule has 0 saturated carbocycles. The van der Waals surface area contributed by atoms with Crippen molar-refractivity contribution >= 4 is 10.9 Å². The fourth-order valence-corrected chi connectivity index (χ4v) is 2.14. The highest BCUT2D eigenvalue weighted by Gasteiger charge is 2.12. The summed E-state index contributed by atoms with van der Waals surface area (Å²) in [6.45, 7) is 2.59. The summed E-state index contributed by atoms with van der Waals surface area (Å²) in [6, 6.07) is 14.1. The van der Waals surface area contributed by atoms with Crippen LogP contribution in [-0.4, -0.2) is 5.16 Å². The van der Waals surface area contributed by atoms with Crippen molar-refractivity contribution in [1.29, 1.82) is 0 Å². The molecule has 0 radical (unpaired) electrons. The van der Waals surface area contributed by atoms with Crippen molar-refractivity contribution in [2.24, 2.45) is 5.73 Å². The molecule has 0 spiro atoms. The Morgan fingerprint density at radius 2 is 2.00 bits per heavy atom. The molecule has 0 bridgehead atoms. The highest BCUT2D eigenvalue weighted by Crippen LogP contribution is 2.31. The molecule has 0 atom stereocenters. The number of benzene rings is 2. The highest BCUT2D eigenvalue weighted by atomic mass is 16.5. The van der Waals surface area contributed by atoms with E-state index in [9.17, 15) is 0 Å². The zero-order chi connectivity index (χ0) is 12.5. The Kier molecular flexibility index (Phi) is 2.61. The molecule has 18 heavy (non-hydrogen) atoms. The Morgan fingerprint density at radius 3 is 2.78 bits per heavy atom. The molecule has 1 heterocycles. The van der Waals surface area contributed by atoms with Gasteiger partial charge >= 0.3 is 0 Å². The summed E-state index contributed by atoms with van der Waals surface area (Å²) in [5, 5.41) is 5.12. The first-order chi connectivity index (χ1) is 8.79. The molecule has 90 valence electrons. The molecule has 0 aliphatic heterocycles. The van der Waals surface area contributed by atoms with Gasteiger partial charge in [-0.15, -0.1) is 0 Å². The maximum absolute atomic E-state index is 5.68. The second-order valence-corrected chi connectivity index (χ2v) is 4.38. The first kappa shape index (κ1) is 11.0. The van der Waals surface area contributed by atoms with Crippen LogP contribution < -0.4 is 5.73 Å². The van der Waals surface area contributed by atoms with Crippen LogP contribution in [0.3, 0.4) is 0 Å². The van der Waals surface area contributed by atoms with Gasteiger partial charge in [0.25, 0.3) is 0 Å². The predicted octanol–water partition coefficient (Wildman–Crippen LogP) is 3.26. The minimum absolute atomic E-state index is 0.522. The number of nitrogens with zero attached hydrogens (tertiary/aromatic N) is 1. The summed E-state index contributed by atoms with van der Waals surface area (Å²) in [4.78, 5) is 0. The van der Waals surface area contributed by atoms with Crippen LogP contribution in [-0.2, 0) is 6.54 Å². The van der Waals surface area contributed by atoms with E-state index < -0.39 is 0 Å². The van der Waals surface area contributed by atoms with Gasteiger partial charge < -0.3 is 10.3 Å². The number of hydrogen-bond acceptors (Lipinski definition) is 3. The van der Waals surface area contributed by atoms with Crippen LogP contribution >= 0.6 is 0 Å². The highest BCUT2D eigenvalue weighted by molar-refractivity contribution is 5.92. The molecule has 2 N–H and O–H groups in total. The fraction of sp³-hybridized carbons (Fsp3) is 0.133. The van der Waals surface area contributed by atoms with E-state index in [-0.39, 0.29) is 0 Å². The van der Waals surface area contributed by atoms with Crippen LogP contribution in [0, 0.1) is 6.92 Å². The van der Waals surface area contributed by atoms with E-state index in [1.165, 1.54) is 5.56 Å². The molecule has 3 rings (SSSR count). The monoisotopic (exact) mass is 238 g/mol. The van der Waals surface area contributed by atoms with Crippen molar-refractivity contribution in [3.63, 3.8) is 0 Å². The van der Waals surface area contributed by atoms with Gasteiger partial charge in [0.15, 0.2) is 5.76 Å². The summed E-state index contributed by atoms with van der Waals surface area (Å²) in [6.07, 6.45) is 0. The molecule has 0 aliphatic carbocycles. The number of nitrogens with two attached hydrogens (primary N) is 1. The average Bonchev–Trinajstić information content (AvgIpc) is 2.82. The standard InChI is InChI=1S/C15H14N2O/c1-10-4-2-3-5-12(10)15-13-8-11(9-16)6-7-14(13)17-18-15/h2-8H,9,16H2,1H3. The second-order valence-electron chi connectivity index (χ2n) is 4.38. The summed E-state index contributed by atoms with van der Waals surface area (Å²) in [5.74, 6) is 0.818. The summed E-state index contributed by atoms with van der Waals surface area (Å²) in [5.41, 5.74) is 9.88. The van der Waals surface area contributed by atoms with Gasteiger partial charge in [-0.2, -0.15) is 0 Å². The maximum Gasteiger partial charge on any atom is 0.174 e. The van der Waals surface area contributed by atoms with Gasteiger partial charge in [-0.3, -0.25) is 0 Å². The lowest BCUT2D eigenvalue weighted by atomic mass is 10.0. The molecule has 0 fully saturated rings. The van der Waals surface area contributed by atoms with E-state index >= 15 is 0 Å². The van der Waals surface area contributed by atoms with Crippen LogP contribution in [0.15, 0.2) is 47.0 Å². The number of rotatable bonds is 2. The van der Waals surface area contributed by atoms with E-state index in [2.05, 4.69) is 18.1 Å². The fourth-order valence-electron chi connectivity index (χ4n) is 2.14. The second kappa shape index (κ2) is 4.27. The van der Waals surface area contributed by atoms with Crippen molar-refractivity contribution in [2.45, 2.75) is 13.5 Å². The lowest BCUT2D eigenvalue weighted by molar-refractivity contribution is 0.440. The quantitative estimate of drug-likeness (QED) is 0.745. The van der Waals surface area contributed by atoms with Crippen molar-refractivity contribution < 1.29 is 4.52 Å². The van der Waals surface area contributed by atoms with Crippen LogP contribution in [0.1, 0.15) is 11.1 Å². The van der Waals surface area contributed by atoms with E-state index in [0.29, 0.717) is 6.54 Å². The summed E-state index contributed by atoms with van der Waals surface area (Å²) < 4.78 is 5.49. The topological polar surface area (TPSA) is 52.0 Å². The number of hydrogen-bond donors (Lipinski definition) is 1. The van der Waals surface area contributed by atoms with Crippen molar-refractivity contribution in [2.75, 3.05) is 0 Å². The summed E-state index contributed by atoms with van der Waals surface area (Å²) in [7, 11) is 0. The SMILES string of the molecule is Cc1ccccc1-c1onc2ccc(CN)cc12. The number of fused-ring (bicyclic) bond motifs is 1. The first-order valence-corrected chi connectivity index (χ1v) is 5.94. The Morgan fingerprint density at radius 1 is 1.17 bits per heavy atom. The molecule has 1 aromatic heterocycles. The maximum atomic E-state index is 5.68. The van der Waals surface area contributed by atoms with Crippen molar-refractivity contribution in [1.82, 2.24) is 5.16 Å². The van der Waals surface area contributed by atoms with Crippen molar-refractivity contribution in [3.8, 4) is 11.3 Å². The zero-order valence-corrected chi connectivity index (χ0v) is 10.2. The first-order valence-electron chi connectivity index (χ1n) is 5.94. The number of aryl methyl sites for hydroxylation is 1. The third-order valence-corrected chi connectivity index (χ3v) is 3.17. The Bertz CT molecular complexity index is 701. The predicted molar refractivity (Wildman–Crippen MR) is 72.1 cm³/mol.